The van der Waals surface area contributed by atoms with E-state index in [1.165, 1.54) is 6.92 Å². The number of benzene rings is 1. The van der Waals surface area contributed by atoms with Gasteiger partial charge in [-0.25, -0.2) is 4.79 Å². The molecule has 1 aliphatic heterocycles. The van der Waals surface area contributed by atoms with Crippen LogP contribution in [0.4, 0.5) is 10.5 Å². The average Bonchev–Trinajstić information content (AvgIpc) is 2.55. The molecule has 7 heteroatoms. The van der Waals surface area contributed by atoms with Gasteiger partial charge in [0.1, 0.15) is 5.75 Å². The van der Waals surface area contributed by atoms with Gasteiger partial charge in [-0.3, -0.25) is 9.59 Å². The first-order chi connectivity index (χ1) is 11.5. The van der Waals surface area contributed by atoms with Crippen molar-refractivity contribution in [2.75, 3.05) is 25.0 Å². The number of anilines is 1. The normalized spacial score (nSPS) is 14.8. The van der Waals surface area contributed by atoms with Crippen molar-refractivity contribution in [3.63, 3.8) is 0 Å². The fourth-order valence-corrected chi connectivity index (χ4v) is 2.58. The molecule has 0 atom stereocenters. The molecular formula is C17H22N2O5. The van der Waals surface area contributed by atoms with E-state index in [2.05, 4.69) is 5.32 Å². The number of nitrogens with one attached hydrogen (secondary N) is 1. The smallest absolute Gasteiger partial charge is 0.321 e. The highest BCUT2D eigenvalue weighted by Crippen LogP contribution is 2.21. The molecule has 1 aromatic carbocycles. The molecule has 0 saturated carbocycles. The van der Waals surface area contributed by atoms with Gasteiger partial charge in [0.15, 0.2) is 0 Å². The molecule has 0 bridgehead atoms. The number of amides is 2. The van der Waals surface area contributed by atoms with Gasteiger partial charge in [0.05, 0.1) is 12.5 Å². The number of rotatable bonds is 4. The third-order valence-electron chi connectivity index (χ3n) is 3.75. The number of hydrogen-bond donors (Lipinski definition) is 1. The lowest BCUT2D eigenvalue weighted by Gasteiger charge is -2.30. The van der Waals surface area contributed by atoms with E-state index < -0.39 is 5.97 Å². The molecular weight excluding hydrogens is 312 g/mol. The maximum Gasteiger partial charge on any atom is 0.321 e. The van der Waals surface area contributed by atoms with E-state index in [4.69, 9.17) is 9.47 Å². The van der Waals surface area contributed by atoms with Crippen molar-refractivity contribution in [1.82, 2.24) is 4.90 Å². The van der Waals surface area contributed by atoms with Gasteiger partial charge in [-0.15, -0.1) is 0 Å². The highest BCUT2D eigenvalue weighted by atomic mass is 16.5. The molecule has 0 spiro atoms. The highest BCUT2D eigenvalue weighted by molar-refractivity contribution is 5.89. The van der Waals surface area contributed by atoms with E-state index in [1.54, 1.807) is 36.1 Å². The standard InChI is InChI=1S/C17H22N2O5/c1-3-23-16(21)13-7-9-19(10-8-13)17(22)18-14-5-4-6-15(11-14)24-12(2)20/h4-6,11,13H,3,7-10H2,1-2H3,(H,18,22). The fourth-order valence-electron chi connectivity index (χ4n) is 2.58. The molecule has 1 N–H and O–H groups in total. The number of ether oxygens (including phenoxy) is 2. The molecule has 2 amide bonds. The van der Waals surface area contributed by atoms with Crippen LogP contribution >= 0.6 is 0 Å². The zero-order chi connectivity index (χ0) is 17.5. The van der Waals surface area contributed by atoms with Gasteiger partial charge in [-0.2, -0.15) is 0 Å². The minimum Gasteiger partial charge on any atom is -0.466 e. The van der Waals surface area contributed by atoms with Crippen LogP contribution in [-0.4, -0.2) is 42.6 Å². The van der Waals surface area contributed by atoms with Crippen LogP contribution < -0.4 is 10.1 Å². The third-order valence-corrected chi connectivity index (χ3v) is 3.75. The van der Waals surface area contributed by atoms with Crippen molar-refractivity contribution in [2.45, 2.75) is 26.7 Å². The van der Waals surface area contributed by atoms with Crippen molar-refractivity contribution in [3.8, 4) is 5.75 Å². The molecule has 0 unspecified atom stereocenters. The Morgan fingerprint density at radius 2 is 1.96 bits per heavy atom. The van der Waals surface area contributed by atoms with Gasteiger partial charge in [0, 0.05) is 31.8 Å². The summed E-state index contributed by atoms with van der Waals surface area (Å²) in [7, 11) is 0. The van der Waals surface area contributed by atoms with E-state index >= 15 is 0 Å². The maximum absolute atomic E-state index is 12.3. The highest BCUT2D eigenvalue weighted by Gasteiger charge is 2.28. The number of piperidine rings is 1. The van der Waals surface area contributed by atoms with E-state index in [0.29, 0.717) is 44.0 Å². The van der Waals surface area contributed by atoms with Gasteiger partial charge in [0.25, 0.3) is 0 Å². The van der Waals surface area contributed by atoms with Gasteiger partial charge >= 0.3 is 18.0 Å². The summed E-state index contributed by atoms with van der Waals surface area (Å²) in [5, 5.41) is 2.77. The lowest BCUT2D eigenvalue weighted by Crippen LogP contribution is -2.42. The molecule has 130 valence electrons. The van der Waals surface area contributed by atoms with Crippen molar-refractivity contribution < 1.29 is 23.9 Å². The second kappa shape index (κ2) is 8.33. The first kappa shape index (κ1) is 17.8. The number of nitrogens with zero attached hydrogens (tertiary/aromatic N) is 1. The Kier molecular flexibility index (Phi) is 6.17. The molecule has 2 rings (SSSR count). The van der Waals surface area contributed by atoms with E-state index in [0.717, 1.165) is 0 Å². The SMILES string of the molecule is CCOC(=O)C1CCN(C(=O)Nc2cccc(OC(C)=O)c2)CC1. The Hall–Kier alpha value is -2.57. The van der Waals surface area contributed by atoms with Crippen LogP contribution in [-0.2, 0) is 14.3 Å². The second-order valence-electron chi connectivity index (χ2n) is 5.56. The molecule has 0 radical (unpaired) electrons. The Bertz CT molecular complexity index is 609. The molecule has 7 nitrogen and oxygen atoms in total. The largest absolute Gasteiger partial charge is 0.466 e. The predicted octanol–water partition coefficient (Wildman–Crippen LogP) is 2.42. The third kappa shape index (κ3) is 4.97. The topological polar surface area (TPSA) is 84.9 Å². The first-order valence-corrected chi connectivity index (χ1v) is 8.00. The molecule has 0 aromatic heterocycles. The Morgan fingerprint density at radius 3 is 2.58 bits per heavy atom. The van der Waals surface area contributed by atoms with E-state index in [-0.39, 0.29) is 17.9 Å². The van der Waals surface area contributed by atoms with Gasteiger partial charge in [-0.1, -0.05) is 6.07 Å². The van der Waals surface area contributed by atoms with Crippen LogP contribution in [0.5, 0.6) is 5.75 Å². The summed E-state index contributed by atoms with van der Waals surface area (Å²) < 4.78 is 10.0. The number of carbonyl (C=O) groups is 3. The summed E-state index contributed by atoms with van der Waals surface area (Å²) in [6.45, 7) is 4.47. The van der Waals surface area contributed by atoms with Crippen LogP contribution in [0, 0.1) is 5.92 Å². The molecule has 1 saturated heterocycles. The number of carbonyl (C=O) groups excluding carboxylic acids is 3. The summed E-state index contributed by atoms with van der Waals surface area (Å²) in [6, 6.07) is 6.40. The Labute approximate surface area is 140 Å². The van der Waals surface area contributed by atoms with Gasteiger partial charge in [-0.05, 0) is 31.9 Å². The zero-order valence-electron chi connectivity index (χ0n) is 13.9. The molecule has 0 aliphatic carbocycles. The van der Waals surface area contributed by atoms with Crippen LogP contribution in [0.25, 0.3) is 0 Å². The quantitative estimate of drug-likeness (QED) is 0.675. The summed E-state index contributed by atoms with van der Waals surface area (Å²) in [6.07, 6.45) is 1.19. The zero-order valence-corrected chi connectivity index (χ0v) is 13.9. The van der Waals surface area contributed by atoms with Gasteiger partial charge in [0.2, 0.25) is 0 Å². The fraction of sp³-hybridized carbons (Fsp3) is 0.471. The van der Waals surface area contributed by atoms with Crippen LogP contribution in [0.2, 0.25) is 0 Å². The number of urea groups is 1. The molecule has 1 fully saturated rings. The van der Waals surface area contributed by atoms with Crippen molar-refractivity contribution in [2.24, 2.45) is 5.92 Å². The first-order valence-electron chi connectivity index (χ1n) is 8.00. The second-order valence-corrected chi connectivity index (χ2v) is 5.56. The minimum atomic E-state index is -0.417. The lowest BCUT2D eigenvalue weighted by molar-refractivity contribution is -0.149. The van der Waals surface area contributed by atoms with Crippen LogP contribution in [0.3, 0.4) is 0 Å². The summed E-state index contributed by atoms with van der Waals surface area (Å²) in [5.74, 6) is -0.367. The van der Waals surface area contributed by atoms with Crippen molar-refractivity contribution in [1.29, 1.82) is 0 Å². The van der Waals surface area contributed by atoms with E-state index in [9.17, 15) is 14.4 Å². The van der Waals surface area contributed by atoms with Crippen molar-refractivity contribution >= 4 is 23.7 Å². The van der Waals surface area contributed by atoms with Crippen molar-refractivity contribution in [3.05, 3.63) is 24.3 Å². The minimum absolute atomic E-state index is 0.138. The number of esters is 2. The molecule has 1 heterocycles. The van der Waals surface area contributed by atoms with Crippen LogP contribution in [0.1, 0.15) is 26.7 Å². The summed E-state index contributed by atoms with van der Waals surface area (Å²) in [5.41, 5.74) is 0.547. The lowest BCUT2D eigenvalue weighted by atomic mass is 9.97. The molecule has 1 aliphatic rings. The van der Waals surface area contributed by atoms with E-state index in [1.807, 2.05) is 0 Å². The monoisotopic (exact) mass is 334 g/mol. The predicted molar refractivity (Wildman–Crippen MR) is 87.7 cm³/mol. The summed E-state index contributed by atoms with van der Waals surface area (Å²) >= 11 is 0. The Morgan fingerprint density at radius 1 is 1.25 bits per heavy atom. The molecule has 24 heavy (non-hydrogen) atoms. The summed E-state index contributed by atoms with van der Waals surface area (Å²) in [4.78, 5) is 36.6. The maximum atomic E-state index is 12.3. The number of hydrogen-bond acceptors (Lipinski definition) is 5. The van der Waals surface area contributed by atoms with Gasteiger partial charge < -0.3 is 19.7 Å². The number of likely N-dealkylation sites (tertiary alicyclic amines) is 1. The van der Waals surface area contributed by atoms with Crippen LogP contribution in [0.15, 0.2) is 24.3 Å². The average molecular weight is 334 g/mol. The Balaban J connectivity index is 1.87. The molecule has 1 aromatic rings.